The summed E-state index contributed by atoms with van der Waals surface area (Å²) in [4.78, 5) is 0. The highest BCUT2D eigenvalue weighted by molar-refractivity contribution is 9.11. The van der Waals surface area contributed by atoms with E-state index < -0.39 is 10.0 Å². The Kier molecular flexibility index (Phi) is 3.45. The molecule has 0 amide bonds. The van der Waals surface area contributed by atoms with Crippen LogP contribution in [0.15, 0.2) is 20.1 Å². The molecule has 16 heavy (non-hydrogen) atoms. The van der Waals surface area contributed by atoms with Crippen LogP contribution >= 0.6 is 27.3 Å². The Hall–Kier alpha value is 0.0900. The van der Waals surface area contributed by atoms with Gasteiger partial charge in [-0.05, 0) is 46.3 Å². The molecule has 1 aliphatic carbocycles. The van der Waals surface area contributed by atoms with E-state index >= 15 is 0 Å². The predicted molar refractivity (Wildman–Crippen MR) is 69.2 cm³/mol. The first-order valence-corrected chi connectivity index (χ1v) is 8.26. The number of rotatable bonds is 4. The van der Waals surface area contributed by atoms with Crippen LogP contribution in [0.1, 0.15) is 26.2 Å². The van der Waals surface area contributed by atoms with Crippen LogP contribution in [-0.2, 0) is 10.0 Å². The van der Waals surface area contributed by atoms with Crippen molar-refractivity contribution in [1.82, 2.24) is 4.72 Å². The lowest BCUT2D eigenvalue weighted by molar-refractivity contribution is 0.166. The molecule has 1 aliphatic rings. The third kappa shape index (κ3) is 2.67. The van der Waals surface area contributed by atoms with Gasteiger partial charge in [0.05, 0.1) is 3.79 Å². The molecule has 1 fully saturated rings. The summed E-state index contributed by atoms with van der Waals surface area (Å²) < 4.78 is 27.7. The molecule has 0 aliphatic heterocycles. The van der Waals surface area contributed by atoms with Gasteiger partial charge in [-0.3, -0.25) is 0 Å². The largest absolute Gasteiger partial charge is 0.250 e. The van der Waals surface area contributed by atoms with Crippen LogP contribution in [0.4, 0.5) is 0 Å². The summed E-state index contributed by atoms with van der Waals surface area (Å²) in [6.45, 7) is 2.67. The van der Waals surface area contributed by atoms with Crippen LogP contribution in [0.25, 0.3) is 0 Å². The van der Waals surface area contributed by atoms with E-state index in [-0.39, 0.29) is 5.41 Å². The van der Waals surface area contributed by atoms with Crippen molar-refractivity contribution in [2.75, 3.05) is 6.54 Å². The van der Waals surface area contributed by atoms with Gasteiger partial charge in [0.25, 0.3) is 0 Å². The Labute approximate surface area is 108 Å². The minimum atomic E-state index is -3.31. The molecule has 90 valence electrons. The van der Waals surface area contributed by atoms with E-state index in [1.807, 2.05) is 0 Å². The molecular formula is C10H14BrNO2S2. The van der Waals surface area contributed by atoms with Crippen molar-refractivity contribution in [3.8, 4) is 0 Å². The van der Waals surface area contributed by atoms with Gasteiger partial charge in [-0.1, -0.05) is 13.3 Å². The normalized spacial score (nSPS) is 19.4. The van der Waals surface area contributed by atoms with Gasteiger partial charge in [-0.2, -0.15) is 0 Å². The minimum Gasteiger partial charge on any atom is -0.210 e. The second-order valence-electron chi connectivity index (χ2n) is 4.55. The summed E-state index contributed by atoms with van der Waals surface area (Å²) in [5.74, 6) is 0. The van der Waals surface area contributed by atoms with Crippen molar-refractivity contribution in [1.29, 1.82) is 0 Å². The van der Waals surface area contributed by atoms with Crippen LogP contribution < -0.4 is 4.72 Å². The Morgan fingerprint density at radius 3 is 2.62 bits per heavy atom. The number of thiophene rings is 1. The lowest BCUT2D eigenvalue weighted by Crippen LogP contribution is -2.39. The SMILES string of the molecule is CC1(CNS(=O)(=O)c2ccc(Br)s2)CCC1. The molecule has 6 heteroatoms. The van der Waals surface area contributed by atoms with Crippen LogP contribution in [0.3, 0.4) is 0 Å². The molecule has 0 saturated heterocycles. The molecule has 0 bridgehead atoms. The smallest absolute Gasteiger partial charge is 0.210 e. The fraction of sp³-hybridized carbons (Fsp3) is 0.600. The monoisotopic (exact) mass is 323 g/mol. The number of hydrogen-bond acceptors (Lipinski definition) is 3. The van der Waals surface area contributed by atoms with Crippen molar-refractivity contribution in [2.45, 2.75) is 30.4 Å². The van der Waals surface area contributed by atoms with Crippen molar-refractivity contribution in [3.05, 3.63) is 15.9 Å². The zero-order chi connectivity index (χ0) is 11.8. The molecule has 0 spiro atoms. The van der Waals surface area contributed by atoms with E-state index in [9.17, 15) is 8.42 Å². The van der Waals surface area contributed by atoms with E-state index in [0.717, 1.165) is 16.6 Å². The van der Waals surface area contributed by atoms with E-state index in [4.69, 9.17) is 0 Å². The second kappa shape index (κ2) is 4.40. The molecule has 1 aromatic heterocycles. The molecule has 1 heterocycles. The van der Waals surface area contributed by atoms with Gasteiger partial charge in [0.15, 0.2) is 0 Å². The topological polar surface area (TPSA) is 46.2 Å². The summed E-state index contributed by atoms with van der Waals surface area (Å²) in [6.07, 6.45) is 3.44. The number of nitrogens with one attached hydrogen (secondary N) is 1. The molecule has 0 aromatic carbocycles. The van der Waals surface area contributed by atoms with Crippen LogP contribution in [0.2, 0.25) is 0 Å². The average Bonchev–Trinajstić information content (AvgIpc) is 2.60. The van der Waals surface area contributed by atoms with Gasteiger partial charge < -0.3 is 0 Å². The third-order valence-corrected chi connectivity index (χ3v) is 6.58. The van der Waals surface area contributed by atoms with E-state index in [2.05, 4.69) is 27.6 Å². The van der Waals surface area contributed by atoms with Gasteiger partial charge in [0.2, 0.25) is 10.0 Å². The minimum absolute atomic E-state index is 0.168. The molecular weight excluding hydrogens is 310 g/mol. The van der Waals surface area contributed by atoms with Gasteiger partial charge in [0, 0.05) is 6.54 Å². The predicted octanol–water partition coefficient (Wildman–Crippen LogP) is 2.98. The molecule has 0 radical (unpaired) electrons. The summed E-state index contributed by atoms with van der Waals surface area (Å²) in [5, 5.41) is 0. The Morgan fingerprint density at radius 2 is 2.19 bits per heavy atom. The number of sulfonamides is 1. The Balaban J connectivity index is 2.03. The summed E-state index contributed by atoms with van der Waals surface area (Å²) in [7, 11) is -3.31. The van der Waals surface area contributed by atoms with Gasteiger partial charge in [-0.15, -0.1) is 11.3 Å². The van der Waals surface area contributed by atoms with Crippen LogP contribution in [0, 0.1) is 5.41 Å². The fourth-order valence-electron chi connectivity index (χ4n) is 1.74. The highest BCUT2D eigenvalue weighted by atomic mass is 79.9. The van der Waals surface area contributed by atoms with E-state index in [1.54, 1.807) is 12.1 Å². The Morgan fingerprint density at radius 1 is 1.50 bits per heavy atom. The molecule has 0 unspecified atom stereocenters. The molecule has 0 atom stereocenters. The van der Waals surface area contributed by atoms with Crippen molar-refractivity contribution < 1.29 is 8.42 Å². The first-order valence-electron chi connectivity index (χ1n) is 5.16. The first-order chi connectivity index (χ1) is 7.41. The Bertz CT molecular complexity index is 477. The molecule has 1 aromatic rings. The first kappa shape index (κ1) is 12.5. The average molecular weight is 324 g/mol. The summed E-state index contributed by atoms with van der Waals surface area (Å²) in [5.41, 5.74) is 0.168. The zero-order valence-electron chi connectivity index (χ0n) is 8.99. The second-order valence-corrected chi connectivity index (χ2v) is 9.00. The lowest BCUT2D eigenvalue weighted by atomic mass is 9.71. The molecule has 1 N–H and O–H groups in total. The summed E-state index contributed by atoms with van der Waals surface area (Å²) >= 11 is 4.50. The van der Waals surface area contributed by atoms with Gasteiger partial charge >= 0.3 is 0 Å². The van der Waals surface area contributed by atoms with Crippen molar-refractivity contribution >= 4 is 37.3 Å². The van der Waals surface area contributed by atoms with Crippen molar-refractivity contribution in [3.63, 3.8) is 0 Å². The maximum absolute atomic E-state index is 11.9. The molecule has 3 nitrogen and oxygen atoms in total. The molecule has 2 rings (SSSR count). The maximum Gasteiger partial charge on any atom is 0.250 e. The highest BCUT2D eigenvalue weighted by Gasteiger charge is 2.33. The van der Waals surface area contributed by atoms with Gasteiger partial charge in [-0.25, -0.2) is 13.1 Å². The standard InChI is InChI=1S/C10H14BrNO2S2/c1-10(5-2-6-10)7-12-16(13,14)9-4-3-8(11)15-9/h3-4,12H,2,5-7H2,1H3. The van der Waals surface area contributed by atoms with E-state index in [1.165, 1.54) is 17.8 Å². The highest BCUT2D eigenvalue weighted by Crippen LogP contribution is 2.39. The van der Waals surface area contributed by atoms with Crippen LogP contribution in [-0.4, -0.2) is 15.0 Å². The number of halogens is 1. The lowest BCUT2D eigenvalue weighted by Gasteiger charge is -2.38. The zero-order valence-corrected chi connectivity index (χ0v) is 12.2. The van der Waals surface area contributed by atoms with E-state index in [0.29, 0.717) is 10.8 Å². The van der Waals surface area contributed by atoms with Gasteiger partial charge in [0.1, 0.15) is 4.21 Å². The molecule has 1 saturated carbocycles. The van der Waals surface area contributed by atoms with Crippen LogP contribution in [0.5, 0.6) is 0 Å². The summed E-state index contributed by atoms with van der Waals surface area (Å²) in [6, 6.07) is 3.38. The maximum atomic E-state index is 11.9. The van der Waals surface area contributed by atoms with Crippen molar-refractivity contribution in [2.24, 2.45) is 5.41 Å². The quantitative estimate of drug-likeness (QED) is 0.925. The number of hydrogen-bond donors (Lipinski definition) is 1. The fourth-order valence-corrected chi connectivity index (χ4v) is 4.99. The third-order valence-electron chi connectivity index (χ3n) is 3.06.